The summed E-state index contributed by atoms with van der Waals surface area (Å²) in [4.78, 5) is 5.58. The summed E-state index contributed by atoms with van der Waals surface area (Å²) in [6.07, 6.45) is 0. The molecule has 0 aliphatic carbocycles. The average Bonchev–Trinajstić information content (AvgIpc) is 3.68. The van der Waals surface area contributed by atoms with E-state index in [1.54, 1.807) is 0 Å². The topological polar surface area (TPSA) is 30.0 Å². The molecular weight excluding hydrogens is 730 g/mol. The number of benzene rings is 9. The molecule has 0 saturated carbocycles. The van der Waals surface area contributed by atoms with Crippen molar-refractivity contribution >= 4 is 87.0 Å². The normalized spacial score (nSPS) is 11.9. The van der Waals surface area contributed by atoms with Crippen LogP contribution in [0, 0.1) is 0 Å². The summed E-state index contributed by atoms with van der Waals surface area (Å²) in [7, 11) is -3.21. The van der Waals surface area contributed by atoms with E-state index >= 15 is 4.57 Å². The Morgan fingerprint density at radius 2 is 0.982 bits per heavy atom. The molecular formula is C53H34NOPS. The summed E-state index contributed by atoms with van der Waals surface area (Å²) >= 11 is 1.86. The molecule has 0 fully saturated rings. The molecule has 57 heavy (non-hydrogen) atoms. The molecule has 0 spiro atoms. The van der Waals surface area contributed by atoms with Crippen molar-refractivity contribution in [2.75, 3.05) is 0 Å². The minimum atomic E-state index is -3.21. The minimum absolute atomic E-state index is 0.783. The Morgan fingerprint density at radius 1 is 0.404 bits per heavy atom. The highest BCUT2D eigenvalue weighted by Gasteiger charge is 2.30. The van der Waals surface area contributed by atoms with E-state index in [4.69, 9.17) is 4.98 Å². The number of hydrogen-bond donors (Lipinski definition) is 0. The molecule has 2 nitrogen and oxygen atoms in total. The van der Waals surface area contributed by atoms with Gasteiger partial charge in [-0.2, -0.15) is 0 Å². The minimum Gasteiger partial charge on any atom is -0.309 e. The van der Waals surface area contributed by atoms with Crippen LogP contribution >= 0.6 is 18.5 Å². The van der Waals surface area contributed by atoms with Gasteiger partial charge in [0.1, 0.15) is 0 Å². The summed E-state index contributed by atoms with van der Waals surface area (Å²) in [5, 5.41) is 10.7. The van der Waals surface area contributed by atoms with Crippen LogP contribution in [0.15, 0.2) is 206 Å². The molecule has 0 aliphatic heterocycles. The fourth-order valence-corrected chi connectivity index (χ4v) is 12.6. The maximum Gasteiger partial charge on any atom is 0.171 e. The highest BCUT2D eigenvalue weighted by atomic mass is 32.1. The largest absolute Gasteiger partial charge is 0.309 e. The molecule has 268 valence electrons. The smallest absolute Gasteiger partial charge is 0.171 e. The lowest BCUT2D eigenvalue weighted by molar-refractivity contribution is 0.592. The zero-order valence-corrected chi connectivity index (χ0v) is 32.6. The molecule has 4 heteroatoms. The maximum absolute atomic E-state index is 15.5. The quantitative estimate of drug-likeness (QED) is 0.125. The van der Waals surface area contributed by atoms with Gasteiger partial charge in [0.15, 0.2) is 7.14 Å². The van der Waals surface area contributed by atoms with E-state index in [9.17, 15) is 0 Å². The van der Waals surface area contributed by atoms with E-state index in [2.05, 4.69) is 133 Å². The number of fused-ring (bicyclic) bond motifs is 8. The second kappa shape index (κ2) is 13.5. The summed E-state index contributed by atoms with van der Waals surface area (Å²) in [5.41, 5.74) is 7.37. The first-order chi connectivity index (χ1) is 28.1. The Hall–Kier alpha value is -6.64. The maximum atomic E-state index is 15.5. The number of pyridine rings is 1. The monoisotopic (exact) mass is 763 g/mol. The second-order valence-electron chi connectivity index (χ2n) is 14.6. The summed E-state index contributed by atoms with van der Waals surface area (Å²) < 4.78 is 18.1. The van der Waals surface area contributed by atoms with Crippen molar-refractivity contribution in [2.45, 2.75) is 0 Å². The van der Waals surface area contributed by atoms with Gasteiger partial charge in [0.05, 0.1) is 11.2 Å². The van der Waals surface area contributed by atoms with Gasteiger partial charge in [-0.25, -0.2) is 4.98 Å². The lowest BCUT2D eigenvalue weighted by Crippen LogP contribution is -2.25. The molecule has 0 unspecified atom stereocenters. The zero-order chi connectivity index (χ0) is 37.9. The van der Waals surface area contributed by atoms with Gasteiger partial charge in [0.25, 0.3) is 0 Å². The van der Waals surface area contributed by atoms with Gasteiger partial charge in [-0.3, -0.25) is 0 Å². The molecule has 2 aromatic heterocycles. The van der Waals surface area contributed by atoms with Crippen LogP contribution in [-0.4, -0.2) is 4.98 Å². The van der Waals surface area contributed by atoms with Gasteiger partial charge in [0, 0.05) is 63.4 Å². The molecule has 0 N–H and O–H groups in total. The molecule has 11 rings (SSSR count). The van der Waals surface area contributed by atoms with Crippen LogP contribution in [0.4, 0.5) is 0 Å². The lowest BCUT2D eigenvalue weighted by Gasteiger charge is -2.21. The van der Waals surface area contributed by atoms with Crippen LogP contribution in [0.5, 0.6) is 0 Å². The van der Waals surface area contributed by atoms with E-state index in [1.807, 2.05) is 84.1 Å². The van der Waals surface area contributed by atoms with Crippen LogP contribution in [0.2, 0.25) is 0 Å². The molecule has 9 aromatic carbocycles. The van der Waals surface area contributed by atoms with Crippen LogP contribution < -0.4 is 15.9 Å². The third-order valence-corrected chi connectivity index (χ3v) is 15.6. The second-order valence-corrected chi connectivity index (χ2v) is 18.4. The highest BCUT2D eigenvalue weighted by Crippen LogP contribution is 2.45. The van der Waals surface area contributed by atoms with Crippen molar-refractivity contribution in [3.63, 3.8) is 0 Å². The number of rotatable bonds is 6. The van der Waals surface area contributed by atoms with Crippen LogP contribution in [-0.2, 0) is 4.57 Å². The van der Waals surface area contributed by atoms with E-state index < -0.39 is 7.14 Å². The van der Waals surface area contributed by atoms with Crippen LogP contribution in [0.25, 0.3) is 86.1 Å². The van der Waals surface area contributed by atoms with Gasteiger partial charge in [-0.05, 0) is 39.6 Å². The van der Waals surface area contributed by atoms with Crippen molar-refractivity contribution in [3.8, 4) is 33.5 Å². The third kappa shape index (κ3) is 5.46. The van der Waals surface area contributed by atoms with Crippen molar-refractivity contribution < 1.29 is 4.57 Å². The van der Waals surface area contributed by atoms with Crippen molar-refractivity contribution in [1.29, 1.82) is 0 Å². The van der Waals surface area contributed by atoms with E-state index in [0.29, 0.717) is 0 Å². The zero-order valence-electron chi connectivity index (χ0n) is 30.8. The fourth-order valence-electron chi connectivity index (χ4n) is 8.63. The van der Waals surface area contributed by atoms with Crippen molar-refractivity contribution in [1.82, 2.24) is 4.98 Å². The lowest BCUT2D eigenvalue weighted by atomic mass is 9.92. The highest BCUT2D eigenvalue weighted by molar-refractivity contribution is 7.85. The first kappa shape index (κ1) is 33.7. The molecule has 0 saturated heterocycles. The SMILES string of the molecule is O=P(c1ccccc1)(c1ccccc1)c1cccc(-c2nc3c(-c4ccc(-c5cccc6c5sc5ccccc56)cc4)cccc3c3c2ccc2ccccc23)c1. The van der Waals surface area contributed by atoms with Gasteiger partial charge in [-0.15, -0.1) is 11.3 Å². The van der Waals surface area contributed by atoms with Crippen LogP contribution in [0.1, 0.15) is 0 Å². The summed E-state index contributed by atoms with van der Waals surface area (Å²) in [6.45, 7) is 0. The molecule has 0 amide bonds. The number of aromatic nitrogens is 1. The molecule has 11 aromatic rings. The van der Waals surface area contributed by atoms with Gasteiger partial charge < -0.3 is 4.57 Å². The van der Waals surface area contributed by atoms with E-state index in [1.165, 1.54) is 47.5 Å². The molecule has 0 bridgehead atoms. The van der Waals surface area contributed by atoms with Crippen LogP contribution in [0.3, 0.4) is 0 Å². The first-order valence-corrected chi connectivity index (χ1v) is 21.7. The van der Waals surface area contributed by atoms with Gasteiger partial charge in [-0.1, -0.05) is 194 Å². The predicted molar refractivity (Wildman–Crippen MR) is 245 cm³/mol. The van der Waals surface area contributed by atoms with Gasteiger partial charge in [0.2, 0.25) is 0 Å². The predicted octanol–water partition coefficient (Wildman–Crippen LogP) is 13.5. The standard InChI is InChI=1S/C53H34NOPS/c55-56(39-16-3-1-4-17-39,40-18-5-2-6-19-40)41-20-11-15-38(34-41)51-48-33-32-35-14-7-8-21-42(35)50(48)47-26-12-23-43(52(47)54-51)36-28-30-37(31-29-36)44-24-13-25-46-45-22-9-10-27-49(45)57-53(44)46/h1-34H. The Morgan fingerprint density at radius 3 is 1.74 bits per heavy atom. The molecule has 0 radical (unpaired) electrons. The number of thiophene rings is 1. The van der Waals surface area contributed by atoms with Crippen molar-refractivity contribution in [2.24, 2.45) is 0 Å². The average molecular weight is 764 g/mol. The molecule has 2 heterocycles. The summed E-state index contributed by atoms with van der Waals surface area (Å²) in [6, 6.07) is 71.8. The summed E-state index contributed by atoms with van der Waals surface area (Å²) in [5.74, 6) is 0. The number of para-hydroxylation sites is 1. The fraction of sp³-hybridized carbons (Fsp3) is 0. The number of hydrogen-bond acceptors (Lipinski definition) is 3. The van der Waals surface area contributed by atoms with Crippen molar-refractivity contribution in [3.05, 3.63) is 206 Å². The Balaban J connectivity index is 1.12. The molecule has 0 atom stereocenters. The number of nitrogens with zero attached hydrogens (tertiary/aromatic N) is 1. The third-order valence-electron chi connectivity index (χ3n) is 11.3. The van der Waals surface area contributed by atoms with E-state index in [0.717, 1.165) is 54.6 Å². The first-order valence-electron chi connectivity index (χ1n) is 19.2. The molecule has 0 aliphatic rings. The Labute approximate surface area is 334 Å². The Bertz CT molecular complexity index is 3330. The van der Waals surface area contributed by atoms with E-state index in [-0.39, 0.29) is 0 Å². The Kier molecular flexibility index (Phi) is 8.00. The van der Waals surface area contributed by atoms with Gasteiger partial charge >= 0.3 is 0 Å².